The molecule has 0 unspecified atom stereocenters. The summed E-state index contributed by atoms with van der Waals surface area (Å²) in [7, 11) is 5.33. The first kappa shape index (κ1) is 14.8. The van der Waals surface area contributed by atoms with Crippen LogP contribution in [-0.2, 0) is 11.3 Å². The maximum atomic E-state index is 12.5. The molecule has 1 aliphatic heterocycles. The number of ether oxygens (including phenoxy) is 2. The van der Waals surface area contributed by atoms with E-state index in [-0.39, 0.29) is 5.91 Å². The Labute approximate surface area is 120 Å². The summed E-state index contributed by atoms with van der Waals surface area (Å²) >= 11 is 0. The Hall–Kier alpha value is -1.59. The highest BCUT2D eigenvalue weighted by Crippen LogP contribution is 2.21. The zero-order valence-corrected chi connectivity index (χ0v) is 12.4. The van der Waals surface area contributed by atoms with E-state index < -0.39 is 0 Å². The highest BCUT2D eigenvalue weighted by molar-refractivity contribution is 5.94. The molecule has 1 aromatic carbocycles. The molecule has 20 heavy (non-hydrogen) atoms. The Morgan fingerprint density at radius 3 is 2.50 bits per heavy atom. The molecule has 1 aliphatic rings. The monoisotopic (exact) mass is 278 g/mol. The third-order valence-corrected chi connectivity index (χ3v) is 3.62. The number of rotatable bonds is 4. The molecule has 5 heteroatoms. The van der Waals surface area contributed by atoms with Crippen molar-refractivity contribution in [3.63, 3.8) is 0 Å². The Morgan fingerprint density at radius 2 is 1.90 bits per heavy atom. The smallest absolute Gasteiger partial charge is 0.253 e. The zero-order chi connectivity index (χ0) is 14.5. The van der Waals surface area contributed by atoms with Crippen LogP contribution >= 0.6 is 0 Å². The molecule has 0 aromatic heterocycles. The minimum absolute atomic E-state index is 0.0816. The number of benzene rings is 1. The van der Waals surface area contributed by atoms with Gasteiger partial charge < -0.3 is 19.3 Å². The van der Waals surface area contributed by atoms with Gasteiger partial charge in [0, 0.05) is 44.4 Å². The summed E-state index contributed by atoms with van der Waals surface area (Å²) in [5, 5.41) is 0. The Bertz CT molecular complexity index is 468. The fourth-order valence-corrected chi connectivity index (χ4v) is 2.37. The number of nitrogens with zero attached hydrogens (tertiary/aromatic N) is 2. The van der Waals surface area contributed by atoms with E-state index >= 15 is 0 Å². The minimum atomic E-state index is 0.0816. The predicted molar refractivity (Wildman–Crippen MR) is 77.1 cm³/mol. The number of carbonyl (C=O) groups excluding carboxylic acids is 1. The SMILES string of the molecule is COCc1cc(C(=O)N2CCN(C)CC2)ccc1OC. The molecule has 2 rings (SSSR count). The van der Waals surface area contributed by atoms with Crippen molar-refractivity contribution in [2.24, 2.45) is 0 Å². The molecule has 0 radical (unpaired) electrons. The fourth-order valence-electron chi connectivity index (χ4n) is 2.37. The predicted octanol–water partition coefficient (Wildman–Crippen LogP) is 1.23. The molecule has 1 saturated heterocycles. The molecular formula is C15H22N2O3. The van der Waals surface area contributed by atoms with Crippen LogP contribution in [0, 0.1) is 0 Å². The summed E-state index contributed by atoms with van der Waals surface area (Å²) in [5.74, 6) is 0.833. The van der Waals surface area contributed by atoms with E-state index in [0.717, 1.165) is 37.5 Å². The topological polar surface area (TPSA) is 42.0 Å². The number of methoxy groups -OCH3 is 2. The van der Waals surface area contributed by atoms with Gasteiger partial charge in [-0.2, -0.15) is 0 Å². The van der Waals surface area contributed by atoms with Crippen molar-refractivity contribution < 1.29 is 14.3 Å². The lowest BCUT2D eigenvalue weighted by Gasteiger charge is -2.32. The normalized spacial score (nSPS) is 16.2. The van der Waals surface area contributed by atoms with Gasteiger partial charge in [-0.25, -0.2) is 0 Å². The van der Waals surface area contributed by atoms with Crippen molar-refractivity contribution in [3.05, 3.63) is 29.3 Å². The van der Waals surface area contributed by atoms with Gasteiger partial charge in [0.2, 0.25) is 0 Å². The van der Waals surface area contributed by atoms with Crippen LogP contribution in [0.1, 0.15) is 15.9 Å². The lowest BCUT2D eigenvalue weighted by molar-refractivity contribution is 0.0663. The van der Waals surface area contributed by atoms with Gasteiger partial charge >= 0.3 is 0 Å². The molecule has 1 aromatic rings. The first-order valence-electron chi connectivity index (χ1n) is 6.79. The molecule has 0 spiro atoms. The van der Waals surface area contributed by atoms with Gasteiger partial charge in [0.1, 0.15) is 5.75 Å². The zero-order valence-electron chi connectivity index (χ0n) is 12.4. The Kier molecular flexibility index (Phi) is 4.98. The molecule has 0 aliphatic carbocycles. The first-order valence-corrected chi connectivity index (χ1v) is 6.79. The van der Waals surface area contributed by atoms with Crippen molar-refractivity contribution >= 4 is 5.91 Å². The number of carbonyl (C=O) groups is 1. The van der Waals surface area contributed by atoms with Crippen LogP contribution in [0.2, 0.25) is 0 Å². The second-order valence-electron chi connectivity index (χ2n) is 5.06. The van der Waals surface area contributed by atoms with Crippen LogP contribution in [0.3, 0.4) is 0 Å². The summed E-state index contributed by atoms with van der Waals surface area (Å²) < 4.78 is 10.4. The first-order chi connectivity index (χ1) is 9.65. The third kappa shape index (κ3) is 3.29. The van der Waals surface area contributed by atoms with Crippen LogP contribution in [0.5, 0.6) is 5.75 Å². The van der Waals surface area contributed by atoms with Gasteiger partial charge in [-0.1, -0.05) is 0 Å². The quantitative estimate of drug-likeness (QED) is 0.831. The van der Waals surface area contributed by atoms with Crippen molar-refractivity contribution in [2.75, 3.05) is 47.4 Å². The van der Waals surface area contributed by atoms with Crippen LogP contribution in [-0.4, -0.2) is 63.2 Å². The Balaban J connectivity index is 2.15. The Morgan fingerprint density at radius 1 is 1.20 bits per heavy atom. The van der Waals surface area contributed by atoms with Gasteiger partial charge in [0.15, 0.2) is 0 Å². The standard InChI is InChI=1S/C15H22N2O3/c1-16-6-8-17(9-7-16)15(18)12-4-5-14(20-3)13(10-12)11-19-2/h4-5,10H,6-9,11H2,1-3H3. The van der Waals surface area contributed by atoms with Gasteiger partial charge in [-0.15, -0.1) is 0 Å². The number of piperazine rings is 1. The molecular weight excluding hydrogens is 256 g/mol. The molecule has 1 heterocycles. The van der Waals surface area contributed by atoms with Crippen molar-refractivity contribution in [2.45, 2.75) is 6.61 Å². The van der Waals surface area contributed by atoms with E-state index in [1.54, 1.807) is 14.2 Å². The lowest BCUT2D eigenvalue weighted by Crippen LogP contribution is -2.47. The van der Waals surface area contributed by atoms with E-state index in [1.807, 2.05) is 23.1 Å². The highest BCUT2D eigenvalue weighted by Gasteiger charge is 2.21. The van der Waals surface area contributed by atoms with E-state index in [4.69, 9.17) is 9.47 Å². The van der Waals surface area contributed by atoms with E-state index in [0.29, 0.717) is 12.2 Å². The number of amides is 1. The van der Waals surface area contributed by atoms with Gasteiger partial charge in [-0.3, -0.25) is 4.79 Å². The average Bonchev–Trinajstić information content (AvgIpc) is 2.47. The molecule has 0 N–H and O–H groups in total. The van der Waals surface area contributed by atoms with E-state index in [2.05, 4.69) is 11.9 Å². The third-order valence-electron chi connectivity index (χ3n) is 3.62. The summed E-state index contributed by atoms with van der Waals surface area (Å²) in [4.78, 5) is 16.6. The summed E-state index contributed by atoms with van der Waals surface area (Å²) in [5.41, 5.74) is 1.59. The van der Waals surface area contributed by atoms with E-state index in [9.17, 15) is 4.79 Å². The van der Waals surface area contributed by atoms with Crippen molar-refractivity contribution in [1.29, 1.82) is 0 Å². The van der Waals surface area contributed by atoms with Gasteiger partial charge in [0.05, 0.1) is 13.7 Å². The average molecular weight is 278 g/mol. The minimum Gasteiger partial charge on any atom is -0.496 e. The van der Waals surface area contributed by atoms with Crippen LogP contribution in [0.15, 0.2) is 18.2 Å². The fraction of sp³-hybridized carbons (Fsp3) is 0.533. The number of likely N-dealkylation sites (N-methyl/N-ethyl adjacent to an activating group) is 1. The summed E-state index contributed by atoms with van der Waals surface area (Å²) in [6.07, 6.45) is 0. The van der Waals surface area contributed by atoms with Crippen LogP contribution in [0.25, 0.3) is 0 Å². The largest absolute Gasteiger partial charge is 0.496 e. The summed E-state index contributed by atoms with van der Waals surface area (Å²) in [6, 6.07) is 5.51. The molecule has 1 amide bonds. The number of hydrogen-bond acceptors (Lipinski definition) is 4. The second-order valence-corrected chi connectivity index (χ2v) is 5.06. The molecule has 0 bridgehead atoms. The van der Waals surface area contributed by atoms with Gasteiger partial charge in [0.25, 0.3) is 5.91 Å². The molecule has 110 valence electrons. The molecule has 1 fully saturated rings. The molecule has 0 saturated carbocycles. The number of hydrogen-bond donors (Lipinski definition) is 0. The van der Waals surface area contributed by atoms with Crippen molar-refractivity contribution in [1.82, 2.24) is 9.80 Å². The van der Waals surface area contributed by atoms with Crippen LogP contribution < -0.4 is 4.74 Å². The summed E-state index contributed by atoms with van der Waals surface area (Å²) in [6.45, 7) is 3.84. The van der Waals surface area contributed by atoms with Crippen LogP contribution in [0.4, 0.5) is 0 Å². The second kappa shape index (κ2) is 6.72. The molecule has 5 nitrogen and oxygen atoms in total. The lowest BCUT2D eigenvalue weighted by atomic mass is 10.1. The van der Waals surface area contributed by atoms with Crippen molar-refractivity contribution in [3.8, 4) is 5.75 Å². The van der Waals surface area contributed by atoms with E-state index in [1.165, 1.54) is 0 Å². The van der Waals surface area contributed by atoms with Gasteiger partial charge in [-0.05, 0) is 25.2 Å². The molecule has 0 atom stereocenters. The highest BCUT2D eigenvalue weighted by atomic mass is 16.5. The maximum Gasteiger partial charge on any atom is 0.253 e. The maximum absolute atomic E-state index is 12.5.